The minimum Gasteiger partial charge on any atom is -0.399 e. The number of carbonyl (C=O) groups is 2. The van der Waals surface area contributed by atoms with Crippen molar-refractivity contribution in [2.75, 3.05) is 12.8 Å². The van der Waals surface area contributed by atoms with E-state index in [1.165, 1.54) is 0 Å². The van der Waals surface area contributed by atoms with Gasteiger partial charge in [-0.15, -0.1) is 0 Å². The molecule has 0 saturated carbocycles. The first kappa shape index (κ1) is 15.0. The molecule has 4 N–H and O–H groups in total. The number of hydrogen-bond donors (Lipinski definition) is 3. The largest absolute Gasteiger partial charge is 0.399 e. The molecule has 1 aromatic rings. The van der Waals surface area contributed by atoms with Crippen molar-refractivity contribution in [2.45, 2.75) is 26.3 Å². The van der Waals surface area contributed by atoms with Gasteiger partial charge in [-0.25, -0.2) is 0 Å². The lowest BCUT2D eigenvalue weighted by atomic mass is 10.0. The Morgan fingerprint density at radius 2 is 1.79 bits per heavy atom. The summed E-state index contributed by atoms with van der Waals surface area (Å²) in [5.41, 5.74) is 7.11. The van der Waals surface area contributed by atoms with Crippen LogP contribution in [0.1, 0.15) is 19.4 Å². The van der Waals surface area contributed by atoms with Crippen LogP contribution in [0.15, 0.2) is 24.3 Å². The zero-order valence-electron chi connectivity index (χ0n) is 11.6. The van der Waals surface area contributed by atoms with Crippen LogP contribution in [-0.2, 0) is 16.0 Å². The third-order valence-corrected chi connectivity index (χ3v) is 2.86. The van der Waals surface area contributed by atoms with Crippen LogP contribution in [0.2, 0.25) is 0 Å². The highest BCUT2D eigenvalue weighted by molar-refractivity contribution is 5.88. The molecule has 5 nitrogen and oxygen atoms in total. The van der Waals surface area contributed by atoms with E-state index in [1.807, 2.05) is 13.8 Å². The minimum absolute atomic E-state index is 0.0373. The molecule has 1 aromatic carbocycles. The normalized spacial score (nSPS) is 12.0. The highest BCUT2D eigenvalue weighted by Crippen LogP contribution is 2.07. The predicted octanol–water partition coefficient (Wildman–Crippen LogP) is 0.698. The summed E-state index contributed by atoms with van der Waals surface area (Å²) >= 11 is 0. The highest BCUT2D eigenvalue weighted by atomic mass is 16.2. The molecule has 0 aliphatic rings. The van der Waals surface area contributed by atoms with E-state index in [1.54, 1.807) is 31.3 Å². The van der Waals surface area contributed by atoms with E-state index in [2.05, 4.69) is 10.6 Å². The fraction of sp³-hybridized carbons (Fsp3) is 0.429. The Morgan fingerprint density at radius 3 is 2.26 bits per heavy atom. The van der Waals surface area contributed by atoms with Gasteiger partial charge in [-0.2, -0.15) is 0 Å². The molecule has 0 fully saturated rings. The van der Waals surface area contributed by atoms with E-state index in [0.717, 1.165) is 5.56 Å². The van der Waals surface area contributed by atoms with E-state index in [9.17, 15) is 9.59 Å². The van der Waals surface area contributed by atoms with Crippen molar-refractivity contribution >= 4 is 17.5 Å². The van der Waals surface area contributed by atoms with Crippen LogP contribution in [0.3, 0.4) is 0 Å². The van der Waals surface area contributed by atoms with Crippen LogP contribution in [0.4, 0.5) is 5.69 Å². The van der Waals surface area contributed by atoms with Gasteiger partial charge in [0.05, 0.1) is 6.42 Å². The number of nitrogens with two attached hydrogens (primary N) is 1. The lowest BCUT2D eigenvalue weighted by Crippen LogP contribution is -2.49. The van der Waals surface area contributed by atoms with Gasteiger partial charge in [-0.05, 0) is 23.6 Å². The molecule has 0 aliphatic heterocycles. The average molecular weight is 263 g/mol. The highest BCUT2D eigenvalue weighted by Gasteiger charge is 2.22. The molecular weight excluding hydrogens is 242 g/mol. The van der Waals surface area contributed by atoms with Gasteiger partial charge >= 0.3 is 0 Å². The maximum absolute atomic E-state index is 11.9. The summed E-state index contributed by atoms with van der Waals surface area (Å²) in [6.45, 7) is 3.78. The summed E-state index contributed by atoms with van der Waals surface area (Å²) in [7, 11) is 1.56. The van der Waals surface area contributed by atoms with Gasteiger partial charge in [0.15, 0.2) is 0 Å². The summed E-state index contributed by atoms with van der Waals surface area (Å²) < 4.78 is 0. The summed E-state index contributed by atoms with van der Waals surface area (Å²) in [5, 5.41) is 5.30. The first-order chi connectivity index (χ1) is 8.93. The lowest BCUT2D eigenvalue weighted by molar-refractivity contribution is -0.129. The quantitative estimate of drug-likeness (QED) is 0.684. The van der Waals surface area contributed by atoms with Crippen LogP contribution in [0.25, 0.3) is 0 Å². The molecule has 1 unspecified atom stereocenters. The van der Waals surface area contributed by atoms with Crippen molar-refractivity contribution in [3.05, 3.63) is 29.8 Å². The third kappa shape index (κ3) is 4.62. The zero-order chi connectivity index (χ0) is 14.4. The topological polar surface area (TPSA) is 84.2 Å². The standard InChI is InChI=1S/C14H21N3O2/c1-9(2)13(14(19)16-3)17-12(18)8-10-4-6-11(15)7-5-10/h4-7,9,13H,8,15H2,1-3H3,(H,16,19)(H,17,18). The smallest absolute Gasteiger partial charge is 0.242 e. The number of carbonyl (C=O) groups excluding carboxylic acids is 2. The Morgan fingerprint density at radius 1 is 1.21 bits per heavy atom. The van der Waals surface area contributed by atoms with E-state index in [4.69, 9.17) is 5.73 Å². The maximum Gasteiger partial charge on any atom is 0.242 e. The summed E-state index contributed by atoms with van der Waals surface area (Å²) in [6, 6.07) is 6.60. The monoisotopic (exact) mass is 263 g/mol. The molecule has 0 radical (unpaired) electrons. The second-order valence-electron chi connectivity index (χ2n) is 4.82. The molecule has 1 atom stereocenters. The molecule has 0 saturated heterocycles. The molecular formula is C14H21N3O2. The Kier molecular flexibility index (Phi) is 5.36. The molecule has 0 spiro atoms. The number of benzene rings is 1. The first-order valence-electron chi connectivity index (χ1n) is 6.29. The van der Waals surface area contributed by atoms with Crippen LogP contribution in [-0.4, -0.2) is 24.9 Å². The number of rotatable bonds is 5. The third-order valence-electron chi connectivity index (χ3n) is 2.86. The first-order valence-corrected chi connectivity index (χ1v) is 6.29. The molecule has 0 aliphatic carbocycles. The van der Waals surface area contributed by atoms with Crippen LogP contribution >= 0.6 is 0 Å². The van der Waals surface area contributed by atoms with Crippen molar-refractivity contribution in [3.63, 3.8) is 0 Å². The van der Waals surface area contributed by atoms with E-state index in [0.29, 0.717) is 5.69 Å². The van der Waals surface area contributed by atoms with Gasteiger partial charge in [-0.1, -0.05) is 26.0 Å². The van der Waals surface area contributed by atoms with Crippen molar-refractivity contribution < 1.29 is 9.59 Å². The Hall–Kier alpha value is -2.04. The second kappa shape index (κ2) is 6.78. The Labute approximate surface area is 113 Å². The van der Waals surface area contributed by atoms with Crippen LogP contribution < -0.4 is 16.4 Å². The number of nitrogen functional groups attached to an aromatic ring is 1. The van der Waals surface area contributed by atoms with Gasteiger partial charge < -0.3 is 16.4 Å². The molecule has 0 aromatic heterocycles. The van der Waals surface area contributed by atoms with Gasteiger partial charge in [0.1, 0.15) is 6.04 Å². The number of likely N-dealkylation sites (N-methyl/N-ethyl adjacent to an activating group) is 1. The Bertz CT molecular complexity index is 441. The fourth-order valence-electron chi connectivity index (χ4n) is 1.74. The van der Waals surface area contributed by atoms with Gasteiger partial charge in [0, 0.05) is 12.7 Å². The van der Waals surface area contributed by atoms with Crippen molar-refractivity contribution in [1.82, 2.24) is 10.6 Å². The predicted molar refractivity (Wildman–Crippen MR) is 75.4 cm³/mol. The number of nitrogens with one attached hydrogen (secondary N) is 2. The number of amides is 2. The van der Waals surface area contributed by atoms with Crippen LogP contribution in [0.5, 0.6) is 0 Å². The van der Waals surface area contributed by atoms with Gasteiger partial charge in [0.2, 0.25) is 11.8 Å². The fourth-order valence-corrected chi connectivity index (χ4v) is 1.74. The zero-order valence-corrected chi connectivity index (χ0v) is 11.6. The molecule has 5 heteroatoms. The number of hydrogen-bond acceptors (Lipinski definition) is 3. The van der Waals surface area contributed by atoms with E-state index >= 15 is 0 Å². The number of anilines is 1. The molecule has 104 valence electrons. The molecule has 0 heterocycles. The van der Waals surface area contributed by atoms with Crippen molar-refractivity contribution in [3.8, 4) is 0 Å². The van der Waals surface area contributed by atoms with E-state index < -0.39 is 6.04 Å². The molecule has 0 bridgehead atoms. The average Bonchev–Trinajstić information content (AvgIpc) is 2.37. The lowest BCUT2D eigenvalue weighted by Gasteiger charge is -2.20. The maximum atomic E-state index is 11.9. The van der Waals surface area contributed by atoms with Gasteiger partial charge in [0.25, 0.3) is 0 Å². The summed E-state index contributed by atoms with van der Waals surface area (Å²) in [6.07, 6.45) is 0.237. The molecule has 1 rings (SSSR count). The Balaban J connectivity index is 2.62. The van der Waals surface area contributed by atoms with Crippen molar-refractivity contribution in [2.24, 2.45) is 5.92 Å². The van der Waals surface area contributed by atoms with Crippen LogP contribution in [0, 0.1) is 5.92 Å². The second-order valence-corrected chi connectivity index (χ2v) is 4.82. The van der Waals surface area contributed by atoms with Gasteiger partial charge in [-0.3, -0.25) is 9.59 Å². The molecule has 2 amide bonds. The van der Waals surface area contributed by atoms with Crippen molar-refractivity contribution in [1.29, 1.82) is 0 Å². The SMILES string of the molecule is CNC(=O)C(NC(=O)Cc1ccc(N)cc1)C(C)C. The van der Waals surface area contributed by atoms with E-state index in [-0.39, 0.29) is 24.2 Å². The summed E-state index contributed by atoms with van der Waals surface area (Å²) in [4.78, 5) is 23.6. The molecule has 19 heavy (non-hydrogen) atoms. The summed E-state index contributed by atoms with van der Waals surface area (Å²) in [5.74, 6) is -0.317. The minimum atomic E-state index is -0.508.